The highest BCUT2D eigenvalue weighted by molar-refractivity contribution is 8.07. The van der Waals surface area contributed by atoms with Crippen molar-refractivity contribution in [3.05, 3.63) is 45.4 Å². The quantitative estimate of drug-likeness (QED) is 0.834. The lowest BCUT2D eigenvalue weighted by Gasteiger charge is -2.27. The summed E-state index contributed by atoms with van der Waals surface area (Å²) in [6.45, 7) is 0. The van der Waals surface area contributed by atoms with Crippen LogP contribution < -0.4 is 5.32 Å². The summed E-state index contributed by atoms with van der Waals surface area (Å²) in [6, 6.07) is 3.15. The average Bonchev–Trinajstić information content (AvgIpc) is 2.99. The highest BCUT2D eigenvalue weighted by Crippen LogP contribution is 2.41. The summed E-state index contributed by atoms with van der Waals surface area (Å²) in [6.07, 6.45) is 5.23. The minimum absolute atomic E-state index is 0.0444. The van der Waals surface area contributed by atoms with Crippen molar-refractivity contribution in [2.24, 2.45) is 0 Å². The lowest BCUT2D eigenvalue weighted by Crippen LogP contribution is -2.28. The molecule has 0 saturated carbocycles. The van der Waals surface area contributed by atoms with Crippen LogP contribution in [0.15, 0.2) is 44.0 Å². The minimum atomic E-state index is -1.12. The van der Waals surface area contributed by atoms with E-state index >= 15 is 0 Å². The molecule has 20 heavy (non-hydrogen) atoms. The van der Waals surface area contributed by atoms with E-state index in [2.05, 4.69) is 5.32 Å². The van der Waals surface area contributed by atoms with Crippen LogP contribution in [0.2, 0.25) is 0 Å². The number of ketones is 1. The summed E-state index contributed by atoms with van der Waals surface area (Å²) in [7, 11) is 0. The number of hydrogen-bond acceptors (Lipinski definition) is 5. The molecule has 0 bridgehead atoms. The Kier molecular flexibility index (Phi) is 3.40. The van der Waals surface area contributed by atoms with Gasteiger partial charge in [-0.05, 0) is 37.8 Å². The zero-order valence-electron chi connectivity index (χ0n) is 10.6. The van der Waals surface area contributed by atoms with E-state index in [1.807, 2.05) is 0 Å². The molecule has 2 heterocycles. The van der Waals surface area contributed by atoms with Gasteiger partial charge < -0.3 is 14.8 Å². The Morgan fingerprint density at radius 2 is 2.10 bits per heavy atom. The van der Waals surface area contributed by atoms with E-state index in [0.29, 0.717) is 0 Å². The van der Waals surface area contributed by atoms with Gasteiger partial charge in [-0.3, -0.25) is 4.79 Å². The number of carbonyl (C=O) groups excluding carboxylic acids is 1. The number of aliphatic carboxylic acids is 1. The predicted molar refractivity (Wildman–Crippen MR) is 73.9 cm³/mol. The number of carboxylic acid groups (broad SMARTS) is 1. The van der Waals surface area contributed by atoms with Gasteiger partial charge in [0.15, 0.2) is 5.76 Å². The molecule has 0 fully saturated rings. The summed E-state index contributed by atoms with van der Waals surface area (Å²) in [4.78, 5) is 25.0. The second kappa shape index (κ2) is 5.20. The summed E-state index contributed by atoms with van der Waals surface area (Å²) < 4.78 is 5.08. The van der Waals surface area contributed by atoms with Gasteiger partial charge in [0.2, 0.25) is 5.78 Å². The summed E-state index contributed by atoms with van der Waals surface area (Å²) in [5, 5.41) is 12.2. The zero-order chi connectivity index (χ0) is 14.1. The Hall–Kier alpha value is -1.95. The van der Waals surface area contributed by atoms with Crippen LogP contribution in [0.5, 0.6) is 0 Å². The average molecular weight is 291 g/mol. The van der Waals surface area contributed by atoms with Gasteiger partial charge in [0.05, 0.1) is 11.2 Å². The van der Waals surface area contributed by atoms with Crippen LogP contribution in [0.4, 0.5) is 0 Å². The summed E-state index contributed by atoms with van der Waals surface area (Å²) in [5.41, 5.74) is 0.895. The lowest BCUT2D eigenvalue weighted by molar-refractivity contribution is -0.133. The van der Waals surface area contributed by atoms with Gasteiger partial charge in [-0.25, -0.2) is 4.79 Å². The summed E-state index contributed by atoms with van der Waals surface area (Å²) in [5.74, 6) is -1.35. The lowest BCUT2D eigenvalue weighted by atomic mass is 10.0. The Balaban J connectivity index is 1.97. The van der Waals surface area contributed by atoms with E-state index in [4.69, 9.17) is 4.42 Å². The highest BCUT2D eigenvalue weighted by atomic mass is 32.2. The van der Waals surface area contributed by atoms with Crippen molar-refractivity contribution in [3.8, 4) is 0 Å². The number of thioether (sulfide) groups is 1. The number of Topliss-reactive ketones (excluding diaryl/α,β-unsaturated/α-hetero) is 1. The molecule has 2 aliphatic rings. The van der Waals surface area contributed by atoms with Crippen LogP contribution in [0.1, 0.15) is 36.2 Å². The molecule has 0 atom stereocenters. The van der Waals surface area contributed by atoms with E-state index in [0.717, 1.165) is 36.3 Å². The van der Waals surface area contributed by atoms with E-state index < -0.39 is 5.97 Å². The van der Waals surface area contributed by atoms with Gasteiger partial charge in [-0.2, -0.15) is 0 Å². The number of nitrogens with one attached hydrogen (secondary N) is 1. The maximum absolute atomic E-state index is 12.4. The van der Waals surface area contributed by atoms with Crippen LogP contribution in [0.25, 0.3) is 0 Å². The van der Waals surface area contributed by atoms with Crippen LogP contribution in [-0.4, -0.2) is 16.9 Å². The predicted octanol–water partition coefficient (Wildman–Crippen LogP) is 2.88. The molecule has 104 valence electrons. The smallest absolute Gasteiger partial charge is 0.353 e. The van der Waals surface area contributed by atoms with Crippen LogP contribution in [-0.2, 0) is 4.79 Å². The minimum Gasteiger partial charge on any atom is -0.477 e. The Morgan fingerprint density at radius 3 is 2.80 bits per heavy atom. The number of carbonyl (C=O) groups is 2. The Labute approximate surface area is 119 Å². The van der Waals surface area contributed by atoms with Gasteiger partial charge in [0.25, 0.3) is 0 Å². The molecule has 0 aromatic carbocycles. The second-order valence-corrected chi connectivity index (χ2v) is 5.76. The number of furan rings is 1. The van der Waals surface area contributed by atoms with Crippen molar-refractivity contribution in [2.45, 2.75) is 25.7 Å². The first-order chi connectivity index (χ1) is 9.66. The molecular formula is C14H13NO4S. The molecule has 3 rings (SSSR count). The van der Waals surface area contributed by atoms with Crippen molar-refractivity contribution in [3.63, 3.8) is 0 Å². The second-order valence-electron chi connectivity index (χ2n) is 4.65. The first-order valence-corrected chi connectivity index (χ1v) is 7.21. The highest BCUT2D eigenvalue weighted by Gasteiger charge is 2.31. The topological polar surface area (TPSA) is 79.5 Å². The molecule has 0 unspecified atom stereocenters. The standard InChI is InChI=1S/C14H13NO4S/c16-12(9-5-3-7-19-9)13-11(14(17)18)15-8-4-1-2-6-10(8)20-13/h3,5,7,15H,1-2,4,6H2,(H,17,18). The van der Waals surface area contributed by atoms with Crippen molar-refractivity contribution in [1.29, 1.82) is 0 Å². The largest absolute Gasteiger partial charge is 0.477 e. The van der Waals surface area contributed by atoms with Crippen LogP contribution in [0, 0.1) is 0 Å². The SMILES string of the molecule is O=C(O)C1=C(C(=O)c2ccco2)SC2=C(CCCC2)N1. The summed E-state index contributed by atoms with van der Waals surface area (Å²) >= 11 is 1.26. The zero-order valence-corrected chi connectivity index (χ0v) is 11.5. The monoisotopic (exact) mass is 291 g/mol. The molecule has 0 spiro atoms. The molecule has 6 heteroatoms. The number of rotatable bonds is 3. The number of carboxylic acids is 1. The number of hydrogen-bond donors (Lipinski definition) is 2. The fourth-order valence-electron chi connectivity index (χ4n) is 2.33. The molecule has 5 nitrogen and oxygen atoms in total. The molecule has 1 aromatic heterocycles. The van der Waals surface area contributed by atoms with Crippen molar-refractivity contribution >= 4 is 23.5 Å². The van der Waals surface area contributed by atoms with Crippen molar-refractivity contribution in [2.75, 3.05) is 0 Å². The Bertz CT molecular complexity index is 628. The molecule has 0 radical (unpaired) electrons. The third-order valence-electron chi connectivity index (χ3n) is 3.31. The molecule has 1 aromatic rings. The van der Waals surface area contributed by atoms with E-state index in [-0.39, 0.29) is 22.1 Å². The molecule has 2 N–H and O–H groups in total. The van der Waals surface area contributed by atoms with Crippen LogP contribution in [0.3, 0.4) is 0 Å². The van der Waals surface area contributed by atoms with Crippen molar-refractivity contribution < 1.29 is 19.1 Å². The van der Waals surface area contributed by atoms with Gasteiger partial charge >= 0.3 is 5.97 Å². The van der Waals surface area contributed by atoms with Gasteiger partial charge in [0.1, 0.15) is 5.70 Å². The molecule has 1 aliphatic carbocycles. The number of allylic oxidation sites excluding steroid dienone is 3. The third kappa shape index (κ3) is 2.27. The normalized spacial score (nSPS) is 18.6. The third-order valence-corrected chi connectivity index (χ3v) is 4.60. The van der Waals surface area contributed by atoms with E-state index in [9.17, 15) is 14.7 Å². The van der Waals surface area contributed by atoms with Gasteiger partial charge in [-0.15, -0.1) is 0 Å². The first-order valence-electron chi connectivity index (χ1n) is 6.39. The first kappa shape index (κ1) is 13.1. The van der Waals surface area contributed by atoms with Gasteiger partial charge in [-0.1, -0.05) is 11.8 Å². The fourth-order valence-corrected chi connectivity index (χ4v) is 3.54. The maximum Gasteiger partial charge on any atom is 0.353 e. The molecule has 0 saturated heterocycles. The van der Waals surface area contributed by atoms with Crippen LogP contribution >= 0.6 is 11.8 Å². The molecular weight excluding hydrogens is 278 g/mol. The van der Waals surface area contributed by atoms with Crippen molar-refractivity contribution in [1.82, 2.24) is 5.32 Å². The molecule has 1 aliphatic heterocycles. The molecule has 0 amide bonds. The van der Waals surface area contributed by atoms with Gasteiger partial charge in [0, 0.05) is 10.6 Å². The maximum atomic E-state index is 12.4. The van der Waals surface area contributed by atoms with E-state index in [1.165, 1.54) is 18.0 Å². The fraction of sp³-hybridized carbons (Fsp3) is 0.286. The van der Waals surface area contributed by atoms with E-state index in [1.54, 1.807) is 12.1 Å². The Morgan fingerprint density at radius 1 is 1.30 bits per heavy atom.